The number of benzene rings is 1. The quantitative estimate of drug-likeness (QED) is 0.485. The first kappa shape index (κ1) is 13.8. The van der Waals surface area contributed by atoms with Gasteiger partial charge in [-0.05, 0) is 24.4 Å². The van der Waals surface area contributed by atoms with Crippen molar-refractivity contribution < 1.29 is 19.9 Å². The van der Waals surface area contributed by atoms with Gasteiger partial charge in [-0.1, -0.05) is 12.1 Å². The first-order valence-corrected chi connectivity index (χ1v) is 6.37. The molecule has 1 heterocycles. The Hall–Kier alpha value is -1.64. The van der Waals surface area contributed by atoms with Gasteiger partial charge < -0.3 is 10.2 Å². The number of carbonyl (C=O) groups is 1. The smallest absolute Gasteiger partial charge is 0.324 e. The molecule has 1 aromatic rings. The number of hydrogen-bond donors (Lipinski definition) is 2. The molecule has 0 aliphatic carbocycles. The Morgan fingerprint density at radius 2 is 2.16 bits per heavy atom. The largest absolute Gasteiger partial charge is 0.480 e. The van der Waals surface area contributed by atoms with E-state index in [4.69, 9.17) is 5.11 Å². The summed E-state index contributed by atoms with van der Waals surface area (Å²) >= 11 is 0.997. The molecule has 2 rings (SSSR count). The molecule has 1 aliphatic heterocycles. The highest BCUT2D eigenvalue weighted by atomic mass is 32.2. The number of rotatable bonds is 4. The molecule has 8 heteroatoms. The van der Waals surface area contributed by atoms with E-state index >= 15 is 0 Å². The second-order valence-corrected chi connectivity index (χ2v) is 5.19. The van der Waals surface area contributed by atoms with Crippen LogP contribution in [-0.4, -0.2) is 44.1 Å². The molecule has 0 amide bonds. The van der Waals surface area contributed by atoms with Gasteiger partial charge in [0.25, 0.3) is 5.69 Å². The van der Waals surface area contributed by atoms with Gasteiger partial charge in [0.1, 0.15) is 10.9 Å². The van der Waals surface area contributed by atoms with Crippen LogP contribution >= 0.6 is 11.9 Å². The average molecular weight is 284 g/mol. The van der Waals surface area contributed by atoms with Gasteiger partial charge in [-0.3, -0.25) is 14.9 Å². The zero-order valence-electron chi connectivity index (χ0n) is 9.80. The molecule has 0 radical (unpaired) electrons. The lowest BCUT2D eigenvalue weighted by Crippen LogP contribution is -2.38. The molecule has 0 spiro atoms. The van der Waals surface area contributed by atoms with Crippen molar-refractivity contribution in [2.75, 3.05) is 6.54 Å². The highest BCUT2D eigenvalue weighted by Crippen LogP contribution is 2.36. The molecule has 0 aromatic heterocycles. The second-order valence-electron chi connectivity index (χ2n) is 4.10. The molecule has 2 N–H and O–H groups in total. The van der Waals surface area contributed by atoms with Crippen molar-refractivity contribution in [2.24, 2.45) is 0 Å². The standard InChI is InChI=1S/C11H12N2O5S/c14-8-5-6-12(10(8)11(15)16)19-9-4-2-1-3-7(9)13(17)18/h1-4,8,10,14H,5-6H2,(H,15,16)/t8?,10-/m0/s1. The minimum Gasteiger partial charge on any atom is -0.480 e. The first-order valence-electron chi connectivity index (χ1n) is 5.59. The molecule has 0 bridgehead atoms. The van der Waals surface area contributed by atoms with Gasteiger partial charge >= 0.3 is 5.97 Å². The minimum atomic E-state index is -1.13. The Bertz CT molecular complexity index is 510. The fourth-order valence-electron chi connectivity index (χ4n) is 1.95. The summed E-state index contributed by atoms with van der Waals surface area (Å²) in [5, 5.41) is 29.6. The molecule has 1 aromatic carbocycles. The van der Waals surface area contributed by atoms with Gasteiger partial charge in [0.15, 0.2) is 0 Å². The lowest BCUT2D eigenvalue weighted by molar-refractivity contribution is -0.387. The van der Waals surface area contributed by atoms with Crippen molar-refractivity contribution in [1.82, 2.24) is 4.31 Å². The van der Waals surface area contributed by atoms with Gasteiger partial charge in [0.05, 0.1) is 11.0 Å². The Labute approximate surface area is 113 Å². The van der Waals surface area contributed by atoms with Crippen LogP contribution < -0.4 is 0 Å². The van der Waals surface area contributed by atoms with Crippen LogP contribution in [0.15, 0.2) is 29.2 Å². The molecule has 102 valence electrons. The Morgan fingerprint density at radius 3 is 2.79 bits per heavy atom. The molecule has 1 unspecified atom stereocenters. The van der Waals surface area contributed by atoms with Gasteiger partial charge in [-0.15, -0.1) is 0 Å². The number of aliphatic hydroxyl groups excluding tert-OH is 1. The third-order valence-corrected chi connectivity index (χ3v) is 4.04. The van der Waals surface area contributed by atoms with Gasteiger partial charge in [0, 0.05) is 12.6 Å². The second kappa shape index (κ2) is 5.55. The van der Waals surface area contributed by atoms with Crippen molar-refractivity contribution in [3.05, 3.63) is 34.4 Å². The summed E-state index contributed by atoms with van der Waals surface area (Å²) in [6.45, 7) is 0.370. The highest BCUT2D eigenvalue weighted by Gasteiger charge is 2.39. The van der Waals surface area contributed by atoms with Crippen LogP contribution in [0.5, 0.6) is 0 Å². The summed E-state index contributed by atoms with van der Waals surface area (Å²) in [5.41, 5.74) is -0.0713. The topological polar surface area (TPSA) is 104 Å². The summed E-state index contributed by atoms with van der Waals surface area (Å²) in [5.74, 6) is -1.13. The number of nitro groups is 1. The fraction of sp³-hybridized carbons (Fsp3) is 0.364. The average Bonchev–Trinajstić information content (AvgIpc) is 2.71. The monoisotopic (exact) mass is 284 g/mol. The fourth-order valence-corrected chi connectivity index (χ4v) is 3.12. The predicted molar refractivity (Wildman–Crippen MR) is 67.7 cm³/mol. The Morgan fingerprint density at radius 1 is 1.47 bits per heavy atom. The first-order chi connectivity index (χ1) is 9.00. The van der Waals surface area contributed by atoms with Crippen molar-refractivity contribution in [1.29, 1.82) is 0 Å². The number of aliphatic carboxylic acids is 1. The highest BCUT2D eigenvalue weighted by molar-refractivity contribution is 7.97. The van der Waals surface area contributed by atoms with E-state index in [0.29, 0.717) is 17.9 Å². The number of nitro benzene ring substituents is 1. The maximum Gasteiger partial charge on any atom is 0.324 e. The van der Waals surface area contributed by atoms with Crippen molar-refractivity contribution in [3.63, 3.8) is 0 Å². The normalized spacial score (nSPS) is 23.4. The Kier molecular flexibility index (Phi) is 4.03. The van der Waals surface area contributed by atoms with E-state index in [-0.39, 0.29) is 5.69 Å². The zero-order valence-corrected chi connectivity index (χ0v) is 10.6. The van der Waals surface area contributed by atoms with E-state index < -0.39 is 23.0 Å². The van der Waals surface area contributed by atoms with Crippen LogP contribution in [0.1, 0.15) is 6.42 Å². The number of hydrogen-bond acceptors (Lipinski definition) is 6. The molecule has 1 aliphatic rings. The molecular formula is C11H12N2O5S. The molecular weight excluding hydrogens is 272 g/mol. The summed E-state index contributed by atoms with van der Waals surface area (Å²) in [7, 11) is 0. The minimum absolute atomic E-state index is 0.0713. The number of aliphatic hydroxyl groups is 1. The van der Waals surface area contributed by atoms with Crippen LogP contribution in [0.4, 0.5) is 5.69 Å². The van der Waals surface area contributed by atoms with Crippen molar-refractivity contribution in [2.45, 2.75) is 23.5 Å². The van der Waals surface area contributed by atoms with Crippen LogP contribution in [0.25, 0.3) is 0 Å². The SMILES string of the molecule is O=C(O)[C@@H]1C(O)CCN1Sc1ccccc1[N+](=O)[O-]. The van der Waals surface area contributed by atoms with Crippen molar-refractivity contribution >= 4 is 23.6 Å². The molecule has 19 heavy (non-hydrogen) atoms. The maximum atomic E-state index is 11.1. The summed E-state index contributed by atoms with van der Waals surface area (Å²) in [4.78, 5) is 21.8. The number of nitrogens with zero attached hydrogens (tertiary/aromatic N) is 2. The van der Waals surface area contributed by atoms with Gasteiger partial charge in [0.2, 0.25) is 0 Å². The van der Waals surface area contributed by atoms with Crippen LogP contribution in [-0.2, 0) is 4.79 Å². The van der Waals surface area contributed by atoms with E-state index in [2.05, 4.69) is 0 Å². The van der Waals surface area contributed by atoms with E-state index in [1.54, 1.807) is 18.2 Å². The number of para-hydroxylation sites is 1. The molecule has 1 fully saturated rings. The summed E-state index contributed by atoms with van der Waals surface area (Å²) in [6.07, 6.45) is -0.613. The van der Waals surface area contributed by atoms with E-state index in [1.807, 2.05) is 0 Å². The Balaban J connectivity index is 2.22. The lowest BCUT2D eigenvalue weighted by Gasteiger charge is -2.20. The van der Waals surface area contributed by atoms with Gasteiger partial charge in [-0.25, -0.2) is 4.31 Å². The molecule has 1 saturated heterocycles. The van der Waals surface area contributed by atoms with Crippen molar-refractivity contribution in [3.8, 4) is 0 Å². The van der Waals surface area contributed by atoms with E-state index in [9.17, 15) is 20.0 Å². The lowest BCUT2D eigenvalue weighted by atomic mass is 10.2. The maximum absolute atomic E-state index is 11.1. The molecule has 0 saturated carbocycles. The van der Waals surface area contributed by atoms with E-state index in [1.165, 1.54) is 10.4 Å². The van der Waals surface area contributed by atoms with Crippen LogP contribution in [0, 0.1) is 10.1 Å². The summed E-state index contributed by atoms with van der Waals surface area (Å²) in [6, 6.07) is 5.09. The summed E-state index contributed by atoms with van der Waals surface area (Å²) < 4.78 is 1.47. The third kappa shape index (κ3) is 2.86. The molecule has 7 nitrogen and oxygen atoms in total. The predicted octanol–water partition coefficient (Wildman–Crippen LogP) is 1.12. The molecule has 2 atom stereocenters. The number of carboxylic acid groups (broad SMARTS) is 1. The van der Waals surface area contributed by atoms with Crippen LogP contribution in [0.2, 0.25) is 0 Å². The third-order valence-electron chi connectivity index (χ3n) is 2.85. The van der Waals surface area contributed by atoms with Gasteiger partial charge in [-0.2, -0.15) is 0 Å². The van der Waals surface area contributed by atoms with Crippen LogP contribution in [0.3, 0.4) is 0 Å². The van der Waals surface area contributed by atoms with E-state index in [0.717, 1.165) is 11.9 Å². The zero-order chi connectivity index (χ0) is 14.0. The number of carboxylic acids is 1.